The van der Waals surface area contributed by atoms with Crippen molar-refractivity contribution in [2.24, 2.45) is 0 Å². The Morgan fingerprint density at radius 3 is 2.54 bits per heavy atom. The first-order valence-electron chi connectivity index (χ1n) is 7.52. The third-order valence-corrected chi connectivity index (χ3v) is 4.46. The van der Waals surface area contributed by atoms with Crippen LogP contribution in [0.15, 0.2) is 47.4 Å². The molecule has 2 aromatic rings. The van der Waals surface area contributed by atoms with Gasteiger partial charge in [0.25, 0.3) is 17.7 Å². The Labute approximate surface area is 143 Å². The van der Waals surface area contributed by atoms with E-state index in [4.69, 9.17) is 0 Å². The lowest BCUT2D eigenvalue weighted by atomic mass is 10.1. The minimum atomic E-state index is -0.443. The van der Waals surface area contributed by atoms with Gasteiger partial charge in [0.2, 0.25) is 0 Å². The van der Waals surface area contributed by atoms with Gasteiger partial charge in [0.1, 0.15) is 0 Å². The molecule has 0 aromatic heterocycles. The van der Waals surface area contributed by atoms with E-state index in [1.54, 1.807) is 23.9 Å². The van der Waals surface area contributed by atoms with Crippen LogP contribution in [0.3, 0.4) is 0 Å². The summed E-state index contributed by atoms with van der Waals surface area (Å²) in [5.74, 6) is -1.11. The highest BCUT2D eigenvalue weighted by Gasteiger charge is 2.26. The molecule has 0 fully saturated rings. The van der Waals surface area contributed by atoms with E-state index in [1.807, 2.05) is 18.2 Å². The normalized spacial score (nSPS) is 13.0. The standard InChI is InChI=1S/C18H16N2O3S/c1-10(2)24-13-5-3-4-11(8-13)16(21)19-12-6-7-14-15(9-12)18(23)20-17(14)22/h3-10H,1-2H3,(H,19,21)(H,20,22,23). The van der Waals surface area contributed by atoms with Gasteiger partial charge < -0.3 is 5.32 Å². The van der Waals surface area contributed by atoms with Crippen molar-refractivity contribution in [3.63, 3.8) is 0 Å². The molecule has 0 unspecified atom stereocenters. The Morgan fingerprint density at radius 1 is 1.04 bits per heavy atom. The van der Waals surface area contributed by atoms with E-state index < -0.39 is 11.8 Å². The maximum absolute atomic E-state index is 12.4. The molecule has 5 nitrogen and oxygen atoms in total. The van der Waals surface area contributed by atoms with Crippen molar-refractivity contribution in [1.82, 2.24) is 5.32 Å². The predicted molar refractivity (Wildman–Crippen MR) is 93.6 cm³/mol. The summed E-state index contributed by atoms with van der Waals surface area (Å²) in [6, 6.07) is 12.0. The molecular weight excluding hydrogens is 324 g/mol. The number of imide groups is 1. The first-order valence-corrected chi connectivity index (χ1v) is 8.40. The summed E-state index contributed by atoms with van der Waals surface area (Å²) in [6.45, 7) is 4.18. The summed E-state index contributed by atoms with van der Waals surface area (Å²) in [5, 5.41) is 5.42. The zero-order valence-corrected chi connectivity index (χ0v) is 14.1. The van der Waals surface area contributed by atoms with Gasteiger partial charge in [0.05, 0.1) is 11.1 Å². The predicted octanol–water partition coefficient (Wildman–Crippen LogP) is 3.32. The molecule has 0 saturated carbocycles. The van der Waals surface area contributed by atoms with Crippen molar-refractivity contribution in [3.8, 4) is 0 Å². The van der Waals surface area contributed by atoms with E-state index in [9.17, 15) is 14.4 Å². The zero-order valence-electron chi connectivity index (χ0n) is 13.3. The molecule has 0 saturated heterocycles. The third kappa shape index (κ3) is 3.33. The van der Waals surface area contributed by atoms with E-state index in [0.29, 0.717) is 22.1 Å². The molecule has 3 amide bonds. The molecule has 0 bridgehead atoms. The molecule has 0 spiro atoms. The summed E-state index contributed by atoms with van der Waals surface area (Å²) in [7, 11) is 0. The lowest BCUT2D eigenvalue weighted by molar-refractivity contribution is 0.0878. The van der Waals surface area contributed by atoms with Gasteiger partial charge >= 0.3 is 0 Å². The van der Waals surface area contributed by atoms with Gasteiger partial charge in [-0.05, 0) is 36.4 Å². The number of carbonyl (C=O) groups excluding carboxylic acids is 3. The van der Waals surface area contributed by atoms with Gasteiger partial charge in [0.15, 0.2) is 0 Å². The van der Waals surface area contributed by atoms with Crippen molar-refractivity contribution in [2.75, 3.05) is 5.32 Å². The average Bonchev–Trinajstić information content (AvgIpc) is 2.81. The highest BCUT2D eigenvalue weighted by Crippen LogP contribution is 2.24. The fourth-order valence-corrected chi connectivity index (χ4v) is 3.33. The van der Waals surface area contributed by atoms with E-state index in [-0.39, 0.29) is 11.5 Å². The Hall–Kier alpha value is -2.60. The van der Waals surface area contributed by atoms with Crippen molar-refractivity contribution in [2.45, 2.75) is 24.0 Å². The smallest absolute Gasteiger partial charge is 0.259 e. The Kier molecular flexibility index (Phi) is 4.40. The Morgan fingerprint density at radius 2 is 1.79 bits per heavy atom. The fraction of sp³-hybridized carbons (Fsp3) is 0.167. The third-order valence-electron chi connectivity index (χ3n) is 3.46. The number of amides is 3. The van der Waals surface area contributed by atoms with E-state index in [2.05, 4.69) is 24.5 Å². The van der Waals surface area contributed by atoms with E-state index in [1.165, 1.54) is 12.1 Å². The quantitative estimate of drug-likeness (QED) is 0.661. The molecule has 2 N–H and O–H groups in total. The lowest BCUT2D eigenvalue weighted by Crippen LogP contribution is -2.19. The van der Waals surface area contributed by atoms with Crippen molar-refractivity contribution < 1.29 is 14.4 Å². The first kappa shape index (κ1) is 16.3. The molecular formula is C18H16N2O3S. The maximum atomic E-state index is 12.4. The summed E-state index contributed by atoms with van der Waals surface area (Å²) in [5.41, 5.74) is 1.63. The molecule has 0 radical (unpaired) electrons. The monoisotopic (exact) mass is 340 g/mol. The number of carbonyl (C=O) groups is 3. The summed E-state index contributed by atoms with van der Waals surface area (Å²) in [6.07, 6.45) is 0. The SMILES string of the molecule is CC(C)Sc1cccc(C(=O)Nc2ccc3c(c2)C(=O)NC3=O)c1. The van der Waals surface area contributed by atoms with Crippen LogP contribution in [-0.2, 0) is 0 Å². The number of rotatable bonds is 4. The van der Waals surface area contributed by atoms with Crippen LogP contribution in [0.1, 0.15) is 44.9 Å². The minimum absolute atomic E-state index is 0.258. The first-order chi connectivity index (χ1) is 11.4. The van der Waals surface area contributed by atoms with Crippen molar-refractivity contribution >= 4 is 35.2 Å². The molecule has 0 aliphatic carbocycles. The summed E-state index contributed by atoms with van der Waals surface area (Å²) < 4.78 is 0. The van der Waals surface area contributed by atoms with Gasteiger partial charge in [0, 0.05) is 21.4 Å². The second kappa shape index (κ2) is 6.49. The molecule has 122 valence electrons. The molecule has 1 aliphatic rings. The summed E-state index contributed by atoms with van der Waals surface area (Å²) >= 11 is 1.68. The van der Waals surface area contributed by atoms with Gasteiger partial charge in [-0.3, -0.25) is 19.7 Å². The van der Waals surface area contributed by atoms with E-state index in [0.717, 1.165) is 4.90 Å². The van der Waals surface area contributed by atoms with Crippen LogP contribution in [0.4, 0.5) is 5.69 Å². The van der Waals surface area contributed by atoms with Gasteiger partial charge in [-0.1, -0.05) is 19.9 Å². The highest BCUT2D eigenvalue weighted by molar-refractivity contribution is 7.99. The zero-order chi connectivity index (χ0) is 17.3. The molecule has 1 heterocycles. The summed E-state index contributed by atoms with van der Waals surface area (Å²) in [4.78, 5) is 36.7. The van der Waals surface area contributed by atoms with Gasteiger partial charge in [-0.25, -0.2) is 0 Å². The molecule has 2 aromatic carbocycles. The number of fused-ring (bicyclic) bond motifs is 1. The molecule has 1 aliphatic heterocycles. The second-order valence-corrected chi connectivity index (χ2v) is 7.34. The van der Waals surface area contributed by atoms with Crippen molar-refractivity contribution in [3.05, 3.63) is 59.2 Å². The average molecular weight is 340 g/mol. The minimum Gasteiger partial charge on any atom is -0.322 e. The van der Waals surface area contributed by atoms with Crippen LogP contribution < -0.4 is 10.6 Å². The van der Waals surface area contributed by atoms with Crippen LogP contribution in [0.5, 0.6) is 0 Å². The van der Waals surface area contributed by atoms with Crippen LogP contribution in [0.2, 0.25) is 0 Å². The van der Waals surface area contributed by atoms with E-state index >= 15 is 0 Å². The van der Waals surface area contributed by atoms with Crippen LogP contribution in [-0.4, -0.2) is 23.0 Å². The largest absolute Gasteiger partial charge is 0.322 e. The maximum Gasteiger partial charge on any atom is 0.259 e. The van der Waals surface area contributed by atoms with Crippen molar-refractivity contribution in [1.29, 1.82) is 0 Å². The van der Waals surface area contributed by atoms with Crippen LogP contribution in [0, 0.1) is 0 Å². The molecule has 3 rings (SSSR count). The van der Waals surface area contributed by atoms with Gasteiger partial charge in [-0.15, -0.1) is 11.8 Å². The fourth-order valence-electron chi connectivity index (χ4n) is 2.43. The molecule has 6 heteroatoms. The molecule has 24 heavy (non-hydrogen) atoms. The number of nitrogens with one attached hydrogen (secondary N) is 2. The topological polar surface area (TPSA) is 75.3 Å². The Balaban J connectivity index is 1.79. The Bertz CT molecular complexity index is 846. The number of anilines is 1. The van der Waals surface area contributed by atoms with Crippen LogP contribution >= 0.6 is 11.8 Å². The highest BCUT2D eigenvalue weighted by atomic mass is 32.2. The molecule has 0 atom stereocenters. The number of hydrogen-bond donors (Lipinski definition) is 2. The lowest BCUT2D eigenvalue weighted by Gasteiger charge is -2.09. The van der Waals surface area contributed by atoms with Crippen LogP contribution in [0.25, 0.3) is 0 Å². The second-order valence-electron chi connectivity index (χ2n) is 5.69. The number of benzene rings is 2. The number of thioether (sulfide) groups is 1. The number of hydrogen-bond acceptors (Lipinski definition) is 4. The van der Waals surface area contributed by atoms with Gasteiger partial charge in [-0.2, -0.15) is 0 Å².